The van der Waals surface area contributed by atoms with Gasteiger partial charge >= 0.3 is 0 Å². The number of oxazole rings is 1. The Morgan fingerprint density at radius 3 is 2.60 bits per heavy atom. The minimum atomic E-state index is -0.702. The molecule has 0 saturated carbocycles. The van der Waals surface area contributed by atoms with Gasteiger partial charge in [0.05, 0.1) is 11.8 Å². The van der Waals surface area contributed by atoms with E-state index in [1.54, 1.807) is 0 Å². The Labute approximate surface area is 174 Å². The van der Waals surface area contributed by atoms with Crippen LogP contribution < -0.4 is 0 Å². The zero-order chi connectivity index (χ0) is 20.9. The summed E-state index contributed by atoms with van der Waals surface area (Å²) in [4.78, 5) is 18.6. The van der Waals surface area contributed by atoms with Crippen molar-refractivity contribution in [1.82, 2.24) is 9.88 Å². The number of benzene rings is 2. The molecule has 0 unspecified atom stereocenters. The molecule has 1 amide bonds. The number of aryl methyl sites for hydroxylation is 1. The molecule has 1 aliphatic heterocycles. The molecular weight excluding hydrogens is 386 g/mol. The molecule has 1 saturated heterocycles. The molecule has 0 bridgehead atoms. The first kappa shape index (κ1) is 20.3. The van der Waals surface area contributed by atoms with Crippen molar-refractivity contribution in [2.45, 2.75) is 32.1 Å². The van der Waals surface area contributed by atoms with E-state index >= 15 is 0 Å². The largest absolute Gasteiger partial charge is 0.441 e. The zero-order valence-corrected chi connectivity index (χ0v) is 16.7. The molecule has 1 aliphatic rings. The topological polar surface area (TPSA) is 46.3 Å². The van der Waals surface area contributed by atoms with Crippen LogP contribution in [0.3, 0.4) is 0 Å². The maximum absolute atomic E-state index is 13.9. The maximum atomic E-state index is 13.9. The predicted octanol–water partition coefficient (Wildman–Crippen LogP) is 5.03. The van der Waals surface area contributed by atoms with Gasteiger partial charge in [0.1, 0.15) is 11.6 Å². The predicted molar refractivity (Wildman–Crippen MR) is 110 cm³/mol. The smallest absolute Gasteiger partial charge is 0.223 e. The Morgan fingerprint density at radius 1 is 1.10 bits per heavy atom. The van der Waals surface area contributed by atoms with Gasteiger partial charge in [0.15, 0.2) is 11.7 Å². The summed E-state index contributed by atoms with van der Waals surface area (Å²) >= 11 is 0. The normalized spacial score (nSPS) is 14.8. The van der Waals surface area contributed by atoms with Crippen molar-refractivity contribution in [1.29, 1.82) is 0 Å². The lowest BCUT2D eigenvalue weighted by Gasteiger charge is -2.32. The van der Waals surface area contributed by atoms with Crippen molar-refractivity contribution in [3.05, 3.63) is 77.8 Å². The minimum absolute atomic E-state index is 0.0841. The van der Waals surface area contributed by atoms with Gasteiger partial charge in [-0.15, -0.1) is 0 Å². The van der Waals surface area contributed by atoms with Crippen LogP contribution in [0.1, 0.15) is 30.7 Å². The van der Waals surface area contributed by atoms with E-state index in [2.05, 4.69) is 29.2 Å². The lowest BCUT2D eigenvalue weighted by molar-refractivity contribution is -0.132. The molecule has 0 atom stereocenters. The van der Waals surface area contributed by atoms with Gasteiger partial charge in [0.25, 0.3) is 0 Å². The molecular formula is C24H24F2N2O2. The molecule has 4 nitrogen and oxygen atoms in total. The van der Waals surface area contributed by atoms with Gasteiger partial charge in [-0.05, 0) is 42.9 Å². The number of aromatic nitrogens is 1. The average Bonchev–Trinajstić information content (AvgIpc) is 3.22. The standard InChI is InChI=1S/C24H24F2N2O2/c25-19-6-7-20(21(26)15-19)22-16-27-23(30-22)8-9-24(29)28-12-10-18(11-13-28)14-17-4-2-1-3-5-17/h1-7,15-16,18H,8-14H2. The maximum Gasteiger partial charge on any atom is 0.223 e. The first-order valence-electron chi connectivity index (χ1n) is 10.3. The Morgan fingerprint density at radius 2 is 1.87 bits per heavy atom. The highest BCUT2D eigenvalue weighted by molar-refractivity contribution is 5.76. The van der Waals surface area contributed by atoms with Gasteiger partial charge in [0, 0.05) is 32.0 Å². The highest BCUT2D eigenvalue weighted by atomic mass is 19.1. The number of amides is 1. The van der Waals surface area contributed by atoms with Gasteiger partial charge in [-0.2, -0.15) is 0 Å². The molecule has 6 heteroatoms. The quantitative estimate of drug-likeness (QED) is 0.572. The van der Waals surface area contributed by atoms with Crippen molar-refractivity contribution in [2.75, 3.05) is 13.1 Å². The van der Waals surface area contributed by atoms with Crippen molar-refractivity contribution < 1.29 is 18.0 Å². The zero-order valence-electron chi connectivity index (χ0n) is 16.7. The number of rotatable bonds is 6. The molecule has 0 radical (unpaired) electrons. The van der Waals surface area contributed by atoms with Crippen LogP contribution in [0, 0.1) is 17.6 Å². The van der Waals surface area contributed by atoms with Crippen LogP contribution >= 0.6 is 0 Å². The second-order valence-electron chi connectivity index (χ2n) is 7.76. The number of likely N-dealkylation sites (tertiary alicyclic amines) is 1. The fourth-order valence-corrected chi connectivity index (χ4v) is 3.95. The van der Waals surface area contributed by atoms with Gasteiger partial charge in [-0.1, -0.05) is 30.3 Å². The van der Waals surface area contributed by atoms with Crippen LogP contribution in [0.2, 0.25) is 0 Å². The van der Waals surface area contributed by atoms with Crippen LogP contribution in [0.15, 0.2) is 59.1 Å². The molecule has 0 spiro atoms. The summed E-state index contributed by atoms with van der Waals surface area (Å²) in [6.07, 6.45) is 5.13. The highest BCUT2D eigenvalue weighted by Gasteiger charge is 2.23. The van der Waals surface area contributed by atoms with Crippen LogP contribution in [-0.4, -0.2) is 28.9 Å². The summed E-state index contributed by atoms with van der Waals surface area (Å²) in [6.45, 7) is 1.54. The van der Waals surface area contributed by atoms with Crippen LogP contribution in [-0.2, 0) is 17.6 Å². The summed E-state index contributed by atoms with van der Waals surface area (Å²) in [5.41, 5.74) is 1.50. The summed E-state index contributed by atoms with van der Waals surface area (Å²) < 4.78 is 32.5. The number of hydrogen-bond acceptors (Lipinski definition) is 3. The third-order valence-electron chi connectivity index (χ3n) is 5.64. The van der Waals surface area contributed by atoms with Crippen LogP contribution in [0.5, 0.6) is 0 Å². The molecule has 3 aromatic rings. The van der Waals surface area contributed by atoms with E-state index < -0.39 is 11.6 Å². The summed E-state index contributed by atoms with van der Waals surface area (Å²) in [5.74, 6) is -0.0452. The van der Waals surface area contributed by atoms with Gasteiger partial charge < -0.3 is 9.32 Å². The molecule has 30 heavy (non-hydrogen) atoms. The van der Waals surface area contributed by atoms with Crippen molar-refractivity contribution >= 4 is 5.91 Å². The monoisotopic (exact) mass is 410 g/mol. The third kappa shape index (κ3) is 4.93. The Bertz CT molecular complexity index is 995. The average molecular weight is 410 g/mol. The molecule has 2 aromatic carbocycles. The van der Waals surface area contributed by atoms with Crippen LogP contribution in [0.4, 0.5) is 8.78 Å². The van der Waals surface area contributed by atoms with E-state index in [-0.39, 0.29) is 17.2 Å². The second-order valence-corrected chi connectivity index (χ2v) is 7.76. The minimum Gasteiger partial charge on any atom is -0.441 e. The van der Waals surface area contributed by atoms with Crippen molar-refractivity contribution in [2.24, 2.45) is 5.92 Å². The Balaban J connectivity index is 1.26. The molecule has 156 valence electrons. The number of carbonyl (C=O) groups excluding carboxylic acids is 1. The lowest BCUT2D eigenvalue weighted by Crippen LogP contribution is -2.39. The summed E-state index contributed by atoms with van der Waals surface area (Å²) in [7, 11) is 0. The van der Waals surface area contributed by atoms with E-state index in [9.17, 15) is 13.6 Å². The Hall–Kier alpha value is -3.02. The van der Waals surface area contributed by atoms with E-state index in [1.807, 2.05) is 11.0 Å². The number of piperidine rings is 1. The number of halogens is 2. The lowest BCUT2D eigenvalue weighted by atomic mass is 9.90. The van der Waals surface area contributed by atoms with Gasteiger partial charge in [-0.3, -0.25) is 4.79 Å². The number of carbonyl (C=O) groups is 1. The Kier molecular flexibility index (Phi) is 6.21. The van der Waals surface area contributed by atoms with E-state index in [1.165, 1.54) is 23.9 Å². The first-order chi connectivity index (χ1) is 14.6. The van der Waals surface area contributed by atoms with Crippen LogP contribution in [0.25, 0.3) is 11.3 Å². The van der Waals surface area contributed by atoms with Gasteiger partial charge in [0.2, 0.25) is 5.91 Å². The first-order valence-corrected chi connectivity index (χ1v) is 10.3. The molecule has 1 fully saturated rings. The number of hydrogen-bond donors (Lipinski definition) is 0. The highest BCUT2D eigenvalue weighted by Crippen LogP contribution is 2.25. The molecule has 4 rings (SSSR count). The fourth-order valence-electron chi connectivity index (χ4n) is 3.95. The fraction of sp³-hybridized carbons (Fsp3) is 0.333. The van der Waals surface area contributed by atoms with E-state index in [0.717, 1.165) is 38.4 Å². The summed E-state index contributed by atoms with van der Waals surface area (Å²) in [6, 6.07) is 13.8. The molecule has 0 N–H and O–H groups in total. The SMILES string of the molecule is O=C(CCc1ncc(-c2ccc(F)cc2F)o1)N1CCC(Cc2ccccc2)CC1. The number of nitrogens with zero attached hydrogens (tertiary/aromatic N) is 2. The van der Waals surface area contributed by atoms with Crippen molar-refractivity contribution in [3.63, 3.8) is 0 Å². The van der Waals surface area contributed by atoms with Crippen molar-refractivity contribution in [3.8, 4) is 11.3 Å². The third-order valence-corrected chi connectivity index (χ3v) is 5.64. The van der Waals surface area contributed by atoms with E-state index in [0.29, 0.717) is 24.7 Å². The molecule has 1 aromatic heterocycles. The van der Waals surface area contributed by atoms with E-state index in [4.69, 9.17) is 4.42 Å². The molecule has 0 aliphatic carbocycles. The molecule has 2 heterocycles. The van der Waals surface area contributed by atoms with Gasteiger partial charge in [-0.25, -0.2) is 13.8 Å². The summed E-state index contributed by atoms with van der Waals surface area (Å²) in [5, 5.41) is 0. The second kappa shape index (κ2) is 9.20.